The van der Waals surface area contributed by atoms with Crippen molar-refractivity contribution in [3.05, 3.63) is 83.9 Å². The summed E-state index contributed by atoms with van der Waals surface area (Å²) in [5, 5.41) is 0. The van der Waals surface area contributed by atoms with E-state index in [1.54, 1.807) is 0 Å². The van der Waals surface area contributed by atoms with Gasteiger partial charge in [0.1, 0.15) is 0 Å². The van der Waals surface area contributed by atoms with Crippen molar-refractivity contribution >= 4 is 17.6 Å². The molecule has 1 unspecified atom stereocenters. The molecule has 0 radical (unpaired) electrons. The Kier molecular flexibility index (Phi) is 5.76. The first-order valence-electron chi connectivity index (χ1n) is 11.1. The Morgan fingerprint density at radius 1 is 0.967 bits per heavy atom. The highest BCUT2D eigenvalue weighted by atomic mass is 15.2. The maximum absolute atomic E-state index is 4.73. The van der Waals surface area contributed by atoms with E-state index in [9.17, 15) is 0 Å². The fourth-order valence-electron chi connectivity index (χ4n) is 4.76. The van der Waals surface area contributed by atoms with E-state index >= 15 is 0 Å². The fourth-order valence-corrected chi connectivity index (χ4v) is 4.76. The summed E-state index contributed by atoms with van der Waals surface area (Å²) >= 11 is 0. The Bertz CT molecular complexity index is 1020. The first-order chi connectivity index (χ1) is 14.5. The van der Waals surface area contributed by atoms with Gasteiger partial charge in [0.15, 0.2) is 0 Å². The standard InChI is InChI=1S/C28H32N2/c1-5-17-30-27-16-11-22(18-26(27)21(2)19-28(30,3)4)20-29-25-14-12-24(13-15-25)23-9-7-6-8-10-23/h6-16,18,20-21H,5,17,19H2,1-4H3. The number of hydrogen-bond donors (Lipinski definition) is 0. The minimum atomic E-state index is 0.207. The van der Waals surface area contributed by atoms with Crippen LogP contribution < -0.4 is 4.90 Å². The van der Waals surface area contributed by atoms with Crippen LogP contribution in [0.1, 0.15) is 57.6 Å². The molecule has 0 spiro atoms. The number of nitrogens with zero attached hydrogens (tertiary/aromatic N) is 2. The van der Waals surface area contributed by atoms with Crippen molar-refractivity contribution < 1.29 is 0 Å². The molecule has 2 nitrogen and oxygen atoms in total. The molecule has 0 amide bonds. The van der Waals surface area contributed by atoms with Crippen molar-refractivity contribution in [2.75, 3.05) is 11.4 Å². The number of aliphatic imine (C=N–C) groups is 1. The summed E-state index contributed by atoms with van der Waals surface area (Å²) in [6, 6.07) is 25.7. The molecule has 2 heteroatoms. The second kappa shape index (κ2) is 8.47. The van der Waals surface area contributed by atoms with Crippen LogP contribution in [-0.2, 0) is 0 Å². The molecule has 1 aliphatic rings. The zero-order valence-corrected chi connectivity index (χ0v) is 18.6. The third kappa shape index (κ3) is 4.18. The Hall–Kier alpha value is -2.87. The lowest BCUT2D eigenvalue weighted by atomic mass is 9.79. The highest BCUT2D eigenvalue weighted by Gasteiger charge is 2.35. The summed E-state index contributed by atoms with van der Waals surface area (Å²) in [5.74, 6) is 0.557. The van der Waals surface area contributed by atoms with Crippen LogP contribution in [0, 0.1) is 0 Å². The van der Waals surface area contributed by atoms with Crippen molar-refractivity contribution in [2.24, 2.45) is 4.99 Å². The molecule has 3 aromatic carbocycles. The number of benzene rings is 3. The van der Waals surface area contributed by atoms with Crippen LogP contribution in [0.2, 0.25) is 0 Å². The van der Waals surface area contributed by atoms with Crippen LogP contribution >= 0.6 is 0 Å². The number of anilines is 1. The summed E-state index contributed by atoms with van der Waals surface area (Å²) in [5.41, 5.74) is 7.65. The van der Waals surface area contributed by atoms with Gasteiger partial charge in [0.2, 0.25) is 0 Å². The molecule has 0 saturated heterocycles. The van der Waals surface area contributed by atoms with E-state index in [-0.39, 0.29) is 5.54 Å². The average Bonchev–Trinajstić information content (AvgIpc) is 2.76. The van der Waals surface area contributed by atoms with Crippen LogP contribution in [0.15, 0.2) is 77.8 Å². The smallest absolute Gasteiger partial charge is 0.0630 e. The maximum atomic E-state index is 4.73. The van der Waals surface area contributed by atoms with Crippen molar-refractivity contribution in [1.82, 2.24) is 0 Å². The molecule has 30 heavy (non-hydrogen) atoms. The molecule has 0 bridgehead atoms. The van der Waals surface area contributed by atoms with Crippen LogP contribution in [-0.4, -0.2) is 18.3 Å². The van der Waals surface area contributed by atoms with Gasteiger partial charge in [-0.05, 0) is 79.1 Å². The van der Waals surface area contributed by atoms with E-state index < -0.39 is 0 Å². The zero-order chi connectivity index (χ0) is 21.1. The van der Waals surface area contributed by atoms with Gasteiger partial charge >= 0.3 is 0 Å². The lowest BCUT2D eigenvalue weighted by molar-refractivity contribution is 0.376. The number of hydrogen-bond acceptors (Lipinski definition) is 2. The van der Waals surface area contributed by atoms with Gasteiger partial charge < -0.3 is 4.90 Å². The molecular weight excluding hydrogens is 364 g/mol. The Morgan fingerprint density at radius 2 is 1.67 bits per heavy atom. The maximum Gasteiger partial charge on any atom is 0.0630 e. The minimum absolute atomic E-state index is 0.207. The zero-order valence-electron chi connectivity index (χ0n) is 18.6. The SMILES string of the molecule is CCCN1c2ccc(C=Nc3ccc(-c4ccccc4)cc3)cc2C(C)CC1(C)C. The van der Waals surface area contributed by atoms with Crippen molar-refractivity contribution in [2.45, 2.75) is 52.0 Å². The lowest BCUT2D eigenvalue weighted by Gasteiger charge is -2.47. The minimum Gasteiger partial charge on any atom is -0.366 e. The second-order valence-electron chi connectivity index (χ2n) is 9.06. The number of fused-ring (bicyclic) bond motifs is 1. The summed E-state index contributed by atoms with van der Waals surface area (Å²) in [6.07, 6.45) is 4.34. The first-order valence-corrected chi connectivity index (χ1v) is 11.1. The normalized spacial score (nSPS) is 17.9. The average molecular weight is 397 g/mol. The van der Waals surface area contributed by atoms with Crippen molar-refractivity contribution in [1.29, 1.82) is 0 Å². The molecule has 0 aromatic heterocycles. The van der Waals surface area contributed by atoms with E-state index in [1.165, 1.54) is 40.8 Å². The molecule has 1 heterocycles. The third-order valence-corrected chi connectivity index (χ3v) is 6.19. The Labute approximate surface area is 181 Å². The van der Waals surface area contributed by atoms with E-state index in [0.717, 1.165) is 12.2 Å². The summed E-state index contributed by atoms with van der Waals surface area (Å²) in [7, 11) is 0. The lowest BCUT2D eigenvalue weighted by Crippen LogP contribution is -2.48. The van der Waals surface area contributed by atoms with Gasteiger partial charge in [-0.3, -0.25) is 4.99 Å². The summed E-state index contributed by atoms with van der Waals surface area (Å²) < 4.78 is 0. The van der Waals surface area contributed by atoms with Crippen LogP contribution in [0.25, 0.3) is 11.1 Å². The van der Waals surface area contributed by atoms with Crippen LogP contribution in [0.4, 0.5) is 11.4 Å². The van der Waals surface area contributed by atoms with E-state index in [0.29, 0.717) is 5.92 Å². The quantitative estimate of drug-likeness (QED) is 0.405. The fraction of sp³-hybridized carbons (Fsp3) is 0.321. The molecule has 1 atom stereocenters. The molecular formula is C28H32N2. The molecule has 0 fully saturated rings. The Balaban J connectivity index is 1.56. The molecule has 0 aliphatic carbocycles. The van der Waals surface area contributed by atoms with Gasteiger partial charge in [0.05, 0.1) is 5.69 Å². The summed E-state index contributed by atoms with van der Waals surface area (Å²) in [4.78, 5) is 7.32. The van der Waals surface area contributed by atoms with E-state index in [2.05, 4.69) is 99.3 Å². The molecule has 1 aliphatic heterocycles. The molecule has 0 N–H and O–H groups in total. The second-order valence-corrected chi connectivity index (χ2v) is 9.06. The van der Waals surface area contributed by atoms with Gasteiger partial charge in [-0.25, -0.2) is 0 Å². The van der Waals surface area contributed by atoms with Crippen molar-refractivity contribution in [3.8, 4) is 11.1 Å². The summed E-state index contributed by atoms with van der Waals surface area (Å²) in [6.45, 7) is 10.5. The highest BCUT2D eigenvalue weighted by Crippen LogP contribution is 2.43. The highest BCUT2D eigenvalue weighted by molar-refractivity contribution is 5.84. The van der Waals surface area contributed by atoms with E-state index in [4.69, 9.17) is 4.99 Å². The van der Waals surface area contributed by atoms with E-state index in [1.807, 2.05) is 12.3 Å². The van der Waals surface area contributed by atoms with Gasteiger partial charge in [-0.2, -0.15) is 0 Å². The third-order valence-electron chi connectivity index (χ3n) is 6.19. The molecule has 4 rings (SSSR count). The predicted molar refractivity (Wildman–Crippen MR) is 130 cm³/mol. The van der Waals surface area contributed by atoms with Gasteiger partial charge in [-0.15, -0.1) is 0 Å². The largest absolute Gasteiger partial charge is 0.366 e. The Morgan fingerprint density at radius 3 is 2.37 bits per heavy atom. The molecule has 3 aromatic rings. The van der Waals surface area contributed by atoms with Crippen LogP contribution in [0.3, 0.4) is 0 Å². The predicted octanol–water partition coefficient (Wildman–Crippen LogP) is 7.61. The molecule has 154 valence electrons. The van der Waals surface area contributed by atoms with Gasteiger partial charge in [0.25, 0.3) is 0 Å². The first kappa shape index (κ1) is 20.4. The van der Waals surface area contributed by atoms with Crippen molar-refractivity contribution in [3.63, 3.8) is 0 Å². The van der Waals surface area contributed by atoms with Crippen LogP contribution in [0.5, 0.6) is 0 Å². The monoisotopic (exact) mass is 396 g/mol. The number of rotatable bonds is 5. The van der Waals surface area contributed by atoms with Gasteiger partial charge in [0, 0.05) is 24.0 Å². The van der Waals surface area contributed by atoms with Gasteiger partial charge in [-0.1, -0.05) is 62.4 Å². The topological polar surface area (TPSA) is 15.6 Å². The molecule has 0 saturated carbocycles.